The molecule has 5 nitrogen and oxygen atoms in total. The Morgan fingerprint density at radius 3 is 2.35 bits per heavy atom. The third-order valence-corrected chi connectivity index (χ3v) is 6.74. The third-order valence-electron chi connectivity index (χ3n) is 5.88. The Hall–Kier alpha value is -2.96. The summed E-state index contributed by atoms with van der Waals surface area (Å²) >= 11 is 19.7. The fourth-order valence-electron chi connectivity index (χ4n) is 4.28. The Balaban J connectivity index is 1.80. The second-order valence-corrected chi connectivity index (χ2v) is 9.23. The van der Waals surface area contributed by atoms with Crippen molar-refractivity contribution in [3.63, 3.8) is 0 Å². The van der Waals surface area contributed by atoms with Crippen molar-refractivity contribution in [2.24, 2.45) is 7.05 Å². The molecule has 3 heterocycles. The lowest BCUT2D eigenvalue weighted by atomic mass is 9.83. The van der Waals surface area contributed by atoms with Gasteiger partial charge in [0.15, 0.2) is 5.60 Å². The summed E-state index contributed by atoms with van der Waals surface area (Å²) in [6.45, 7) is 1.83. The Labute approximate surface area is 211 Å². The molecule has 34 heavy (non-hydrogen) atoms. The predicted molar refractivity (Wildman–Crippen MR) is 136 cm³/mol. The number of rotatable bonds is 4. The quantitative estimate of drug-likeness (QED) is 0.278. The van der Waals surface area contributed by atoms with Gasteiger partial charge in [0.05, 0.1) is 28.8 Å². The van der Waals surface area contributed by atoms with E-state index >= 15 is 0 Å². The van der Waals surface area contributed by atoms with E-state index in [9.17, 15) is 5.11 Å². The zero-order valence-corrected chi connectivity index (χ0v) is 20.6. The van der Waals surface area contributed by atoms with Gasteiger partial charge in [0.2, 0.25) is 0 Å². The van der Waals surface area contributed by atoms with Crippen molar-refractivity contribution in [1.82, 2.24) is 19.5 Å². The van der Waals surface area contributed by atoms with Crippen molar-refractivity contribution in [1.29, 1.82) is 0 Å². The minimum absolute atomic E-state index is 0.286. The van der Waals surface area contributed by atoms with Gasteiger partial charge in [0, 0.05) is 23.7 Å². The van der Waals surface area contributed by atoms with Crippen LogP contribution in [0.15, 0.2) is 73.2 Å². The number of pyridine rings is 2. The first-order valence-corrected chi connectivity index (χ1v) is 11.6. The van der Waals surface area contributed by atoms with Crippen molar-refractivity contribution in [2.75, 3.05) is 0 Å². The normalized spacial score (nSPS) is 13.2. The molecule has 0 amide bonds. The van der Waals surface area contributed by atoms with E-state index in [-0.39, 0.29) is 5.15 Å². The van der Waals surface area contributed by atoms with Gasteiger partial charge in [-0.2, -0.15) is 0 Å². The summed E-state index contributed by atoms with van der Waals surface area (Å²) in [5.74, 6) is 0. The summed E-state index contributed by atoms with van der Waals surface area (Å²) in [7, 11) is 1.83. The molecule has 0 aliphatic carbocycles. The van der Waals surface area contributed by atoms with Gasteiger partial charge in [-0.3, -0.25) is 0 Å². The van der Waals surface area contributed by atoms with Gasteiger partial charge in [0.25, 0.3) is 0 Å². The Morgan fingerprint density at radius 1 is 0.912 bits per heavy atom. The molecule has 0 aliphatic heterocycles. The molecule has 1 unspecified atom stereocenters. The summed E-state index contributed by atoms with van der Waals surface area (Å²) < 4.78 is 1.77. The number of imidazole rings is 1. The van der Waals surface area contributed by atoms with Crippen LogP contribution < -0.4 is 0 Å². The molecule has 0 saturated carbocycles. The van der Waals surface area contributed by atoms with E-state index in [4.69, 9.17) is 34.8 Å². The molecule has 0 spiro atoms. The molecule has 2 aromatic carbocycles. The van der Waals surface area contributed by atoms with Gasteiger partial charge in [-0.05, 0) is 47.9 Å². The van der Waals surface area contributed by atoms with E-state index in [1.165, 1.54) is 0 Å². The zero-order valence-electron chi connectivity index (χ0n) is 18.3. The summed E-state index contributed by atoms with van der Waals surface area (Å²) in [5.41, 5.74) is 2.93. The molecule has 1 N–H and O–H groups in total. The molecule has 5 aromatic rings. The van der Waals surface area contributed by atoms with Gasteiger partial charge in [-0.25, -0.2) is 15.0 Å². The van der Waals surface area contributed by atoms with Crippen LogP contribution in [0, 0.1) is 6.92 Å². The first-order chi connectivity index (χ1) is 16.3. The lowest BCUT2D eigenvalue weighted by Crippen LogP contribution is -2.31. The average Bonchev–Trinajstić information content (AvgIpc) is 3.25. The van der Waals surface area contributed by atoms with E-state index in [0.717, 1.165) is 5.56 Å². The molecule has 0 aliphatic rings. The van der Waals surface area contributed by atoms with Crippen molar-refractivity contribution in [3.8, 4) is 11.1 Å². The summed E-state index contributed by atoms with van der Waals surface area (Å²) in [5, 5.41) is 14.0. The summed E-state index contributed by atoms with van der Waals surface area (Å²) in [6, 6.07) is 18.5. The fraction of sp³-hybridized carbons (Fsp3) is 0.115. The number of hydrogen-bond donors (Lipinski definition) is 1. The van der Waals surface area contributed by atoms with E-state index in [0.29, 0.717) is 49.2 Å². The van der Waals surface area contributed by atoms with Crippen LogP contribution in [-0.2, 0) is 12.6 Å². The molecular formula is C26H19Cl3N4O. The maximum atomic E-state index is 12.3. The summed E-state index contributed by atoms with van der Waals surface area (Å²) in [6.07, 6.45) is 3.27. The van der Waals surface area contributed by atoms with Crippen LogP contribution in [0.5, 0.6) is 0 Å². The number of aryl methyl sites for hydroxylation is 2. The number of aromatic nitrogens is 4. The number of benzene rings is 2. The molecule has 3 aromatic heterocycles. The number of aliphatic hydroxyl groups is 1. The number of halogens is 3. The van der Waals surface area contributed by atoms with Crippen molar-refractivity contribution >= 4 is 45.7 Å². The molecule has 5 rings (SSSR count). The Morgan fingerprint density at radius 2 is 1.68 bits per heavy atom. The van der Waals surface area contributed by atoms with Crippen LogP contribution in [0.4, 0.5) is 0 Å². The SMILES string of the molecule is Cc1cc(C(O)(c2ccc3nc(Cl)c(-c4ccccc4)c(Cl)c3c2)c2cncn2C)cc(Cl)n1. The zero-order chi connectivity index (χ0) is 24.0. The first-order valence-electron chi connectivity index (χ1n) is 10.5. The van der Waals surface area contributed by atoms with Gasteiger partial charge in [-0.15, -0.1) is 0 Å². The van der Waals surface area contributed by atoms with E-state index in [1.54, 1.807) is 41.4 Å². The van der Waals surface area contributed by atoms with E-state index in [1.807, 2.05) is 50.4 Å². The van der Waals surface area contributed by atoms with Gasteiger partial charge in [-0.1, -0.05) is 71.2 Å². The number of nitrogens with zero attached hydrogens (tertiary/aromatic N) is 4. The first kappa shape index (κ1) is 22.8. The average molecular weight is 510 g/mol. The minimum atomic E-state index is -1.58. The van der Waals surface area contributed by atoms with Crippen LogP contribution in [0.3, 0.4) is 0 Å². The molecule has 0 bridgehead atoms. The second kappa shape index (κ2) is 8.67. The second-order valence-electron chi connectivity index (χ2n) is 8.11. The van der Waals surface area contributed by atoms with E-state index in [2.05, 4.69) is 15.0 Å². The summed E-state index contributed by atoms with van der Waals surface area (Å²) in [4.78, 5) is 13.0. The van der Waals surface area contributed by atoms with Crippen LogP contribution in [0.1, 0.15) is 22.5 Å². The molecule has 0 radical (unpaired) electrons. The largest absolute Gasteiger partial charge is 0.374 e. The van der Waals surface area contributed by atoms with E-state index < -0.39 is 5.60 Å². The smallest absolute Gasteiger partial charge is 0.157 e. The Kier molecular flexibility index (Phi) is 5.82. The van der Waals surface area contributed by atoms with Crippen LogP contribution >= 0.6 is 34.8 Å². The van der Waals surface area contributed by atoms with Crippen LogP contribution in [0.2, 0.25) is 15.3 Å². The fourth-order valence-corrected chi connectivity index (χ4v) is 5.22. The van der Waals surface area contributed by atoms with Crippen molar-refractivity contribution in [3.05, 3.63) is 111 Å². The topological polar surface area (TPSA) is 63.8 Å². The van der Waals surface area contributed by atoms with Gasteiger partial charge < -0.3 is 9.67 Å². The molecule has 0 fully saturated rings. The lowest BCUT2D eigenvalue weighted by Gasteiger charge is -2.30. The number of fused-ring (bicyclic) bond motifs is 1. The van der Waals surface area contributed by atoms with Gasteiger partial charge >= 0.3 is 0 Å². The van der Waals surface area contributed by atoms with Crippen LogP contribution in [0.25, 0.3) is 22.0 Å². The predicted octanol–water partition coefficient (Wildman–Crippen LogP) is 6.58. The molecule has 8 heteroatoms. The van der Waals surface area contributed by atoms with Crippen molar-refractivity contribution in [2.45, 2.75) is 12.5 Å². The highest BCUT2D eigenvalue weighted by Crippen LogP contribution is 2.42. The molecular weight excluding hydrogens is 491 g/mol. The highest BCUT2D eigenvalue weighted by molar-refractivity contribution is 6.42. The molecule has 1 atom stereocenters. The molecule has 0 saturated heterocycles. The Bertz CT molecular complexity index is 1510. The van der Waals surface area contributed by atoms with Gasteiger partial charge in [0.1, 0.15) is 10.3 Å². The maximum absolute atomic E-state index is 12.3. The minimum Gasteiger partial charge on any atom is -0.374 e. The highest BCUT2D eigenvalue weighted by Gasteiger charge is 2.37. The lowest BCUT2D eigenvalue weighted by molar-refractivity contribution is 0.117. The monoisotopic (exact) mass is 508 g/mol. The van der Waals surface area contributed by atoms with Crippen LogP contribution in [-0.4, -0.2) is 24.6 Å². The highest BCUT2D eigenvalue weighted by atomic mass is 35.5. The standard InChI is InChI=1S/C26H19Cl3N4O/c1-15-10-18(12-22(27)31-15)26(34,21-13-30-14-33(21)2)17-8-9-20-19(11-17)24(28)23(25(29)32-20)16-6-4-3-5-7-16/h3-14,34H,1-2H3. The maximum Gasteiger partial charge on any atom is 0.157 e. The molecule has 170 valence electrons. The third kappa shape index (κ3) is 3.75. The van der Waals surface area contributed by atoms with Crippen molar-refractivity contribution < 1.29 is 5.11 Å². The number of hydrogen-bond acceptors (Lipinski definition) is 4.